The van der Waals surface area contributed by atoms with Gasteiger partial charge in [-0.25, -0.2) is 8.42 Å². The molecule has 122 valence electrons. The highest BCUT2D eigenvalue weighted by Crippen LogP contribution is 2.19. The summed E-state index contributed by atoms with van der Waals surface area (Å²) >= 11 is 3.33. The molecule has 0 aliphatic carbocycles. The van der Waals surface area contributed by atoms with Gasteiger partial charge in [-0.15, -0.1) is 0 Å². The number of rotatable bonds is 6. The Bertz CT molecular complexity index is 676. The molecule has 0 spiro atoms. The van der Waals surface area contributed by atoms with Crippen molar-refractivity contribution in [2.75, 3.05) is 31.7 Å². The fourth-order valence-corrected chi connectivity index (χ4v) is 2.34. The van der Waals surface area contributed by atoms with Crippen LogP contribution in [0.1, 0.15) is 5.56 Å². The minimum atomic E-state index is -3.43. The van der Waals surface area contributed by atoms with Crippen LogP contribution in [0.15, 0.2) is 22.7 Å². The Morgan fingerprint density at radius 2 is 1.91 bits per heavy atom. The van der Waals surface area contributed by atoms with Crippen molar-refractivity contribution in [1.29, 1.82) is 0 Å². The quantitative estimate of drug-likeness (QED) is 0.745. The first-order valence-corrected chi connectivity index (χ1v) is 8.97. The smallest absolute Gasteiger partial charge is 0.243 e. The Morgan fingerprint density at radius 3 is 2.45 bits per heavy atom. The third-order valence-electron chi connectivity index (χ3n) is 2.84. The molecule has 0 aliphatic rings. The molecule has 0 fully saturated rings. The van der Waals surface area contributed by atoms with E-state index in [1.165, 1.54) is 7.05 Å². The van der Waals surface area contributed by atoms with Gasteiger partial charge in [-0.3, -0.25) is 9.59 Å². The Morgan fingerprint density at radius 1 is 1.27 bits per heavy atom. The lowest BCUT2D eigenvalue weighted by Crippen LogP contribution is -2.40. The fraction of sp³-hybridized carbons (Fsp3) is 0.385. The Hall–Kier alpha value is -1.45. The highest BCUT2D eigenvalue weighted by atomic mass is 79.9. The van der Waals surface area contributed by atoms with Crippen LogP contribution >= 0.6 is 15.9 Å². The number of likely N-dealkylation sites (N-methyl/N-ethyl adjacent to an activating group) is 1. The number of hydrogen-bond acceptors (Lipinski definition) is 4. The molecular weight excluding hydrogens is 374 g/mol. The second-order valence-electron chi connectivity index (χ2n) is 4.80. The van der Waals surface area contributed by atoms with E-state index in [1.54, 1.807) is 12.1 Å². The van der Waals surface area contributed by atoms with Crippen LogP contribution in [0.3, 0.4) is 0 Å². The second-order valence-corrected chi connectivity index (χ2v) is 7.81. The number of hydrogen-bond donors (Lipinski definition) is 2. The van der Waals surface area contributed by atoms with Gasteiger partial charge in [0.25, 0.3) is 0 Å². The summed E-state index contributed by atoms with van der Waals surface area (Å²) in [6, 6.07) is 5.40. The largest absolute Gasteiger partial charge is 0.346 e. The first-order chi connectivity index (χ1) is 10.1. The van der Waals surface area contributed by atoms with Crippen molar-refractivity contribution in [1.82, 2.24) is 9.62 Å². The van der Waals surface area contributed by atoms with E-state index in [-0.39, 0.29) is 19.0 Å². The summed E-state index contributed by atoms with van der Waals surface area (Å²) in [7, 11) is -2.14. The zero-order chi connectivity index (χ0) is 16.9. The number of sulfonamides is 1. The van der Waals surface area contributed by atoms with E-state index in [0.29, 0.717) is 5.69 Å². The lowest BCUT2D eigenvalue weighted by Gasteiger charge is -2.14. The van der Waals surface area contributed by atoms with E-state index in [1.807, 2.05) is 13.0 Å². The molecule has 0 aliphatic heterocycles. The van der Waals surface area contributed by atoms with Crippen molar-refractivity contribution in [3.05, 3.63) is 28.2 Å². The van der Waals surface area contributed by atoms with Crippen molar-refractivity contribution in [3.8, 4) is 0 Å². The number of carbonyl (C=O) groups is 2. The minimum Gasteiger partial charge on any atom is -0.346 e. The van der Waals surface area contributed by atoms with E-state index >= 15 is 0 Å². The first-order valence-electron chi connectivity index (χ1n) is 6.33. The first kappa shape index (κ1) is 18.6. The van der Waals surface area contributed by atoms with Gasteiger partial charge in [0.05, 0.1) is 19.3 Å². The van der Waals surface area contributed by atoms with Crippen LogP contribution in [0.2, 0.25) is 0 Å². The van der Waals surface area contributed by atoms with Crippen molar-refractivity contribution in [2.24, 2.45) is 0 Å². The predicted molar refractivity (Wildman–Crippen MR) is 88.0 cm³/mol. The lowest BCUT2D eigenvalue weighted by atomic mass is 10.2. The SMILES string of the molecule is Cc1cc(Br)ccc1NC(=O)CNC(=O)CN(C)S(C)(=O)=O. The molecule has 0 saturated heterocycles. The van der Waals surface area contributed by atoms with Gasteiger partial charge < -0.3 is 10.6 Å². The number of benzene rings is 1. The molecule has 1 aromatic carbocycles. The minimum absolute atomic E-state index is 0.230. The van der Waals surface area contributed by atoms with Gasteiger partial charge in [-0.2, -0.15) is 4.31 Å². The summed E-state index contributed by atoms with van der Waals surface area (Å²) in [6.07, 6.45) is 1.00. The molecule has 7 nitrogen and oxygen atoms in total. The van der Waals surface area contributed by atoms with Crippen LogP contribution < -0.4 is 10.6 Å². The van der Waals surface area contributed by atoms with Gasteiger partial charge in [0, 0.05) is 17.2 Å². The normalized spacial score (nSPS) is 11.3. The molecule has 1 rings (SSSR count). The molecule has 2 N–H and O–H groups in total. The second kappa shape index (κ2) is 7.70. The van der Waals surface area contributed by atoms with Gasteiger partial charge in [0.15, 0.2) is 0 Å². The van der Waals surface area contributed by atoms with Crippen molar-refractivity contribution in [2.45, 2.75) is 6.92 Å². The average Bonchev–Trinajstić information content (AvgIpc) is 2.38. The van der Waals surface area contributed by atoms with E-state index in [9.17, 15) is 18.0 Å². The Labute approximate surface area is 138 Å². The van der Waals surface area contributed by atoms with Crippen LogP contribution in [0.5, 0.6) is 0 Å². The third-order valence-corrected chi connectivity index (χ3v) is 4.60. The van der Waals surface area contributed by atoms with E-state index < -0.39 is 15.9 Å². The van der Waals surface area contributed by atoms with Crippen LogP contribution in [-0.2, 0) is 19.6 Å². The third kappa shape index (κ3) is 6.12. The maximum absolute atomic E-state index is 11.8. The molecule has 0 unspecified atom stereocenters. The molecular formula is C13H18BrN3O4S. The van der Waals surface area contributed by atoms with Crippen molar-refractivity contribution in [3.63, 3.8) is 0 Å². The van der Waals surface area contributed by atoms with E-state index in [4.69, 9.17) is 0 Å². The highest BCUT2D eigenvalue weighted by molar-refractivity contribution is 9.10. The fourth-order valence-electron chi connectivity index (χ4n) is 1.52. The maximum atomic E-state index is 11.8. The van der Waals surface area contributed by atoms with Crippen LogP contribution in [0, 0.1) is 6.92 Å². The van der Waals surface area contributed by atoms with Gasteiger partial charge in [-0.1, -0.05) is 15.9 Å². The van der Waals surface area contributed by atoms with Crippen molar-refractivity contribution >= 4 is 43.5 Å². The zero-order valence-electron chi connectivity index (χ0n) is 12.5. The molecule has 9 heteroatoms. The number of amides is 2. The van der Waals surface area contributed by atoms with Crippen LogP contribution in [0.4, 0.5) is 5.69 Å². The summed E-state index contributed by atoms with van der Waals surface area (Å²) in [5, 5.41) is 5.04. The topological polar surface area (TPSA) is 95.6 Å². The zero-order valence-corrected chi connectivity index (χ0v) is 14.9. The average molecular weight is 392 g/mol. The molecule has 22 heavy (non-hydrogen) atoms. The monoisotopic (exact) mass is 391 g/mol. The Kier molecular flexibility index (Phi) is 6.51. The highest BCUT2D eigenvalue weighted by Gasteiger charge is 2.15. The summed E-state index contributed by atoms with van der Waals surface area (Å²) in [6.45, 7) is 1.29. The van der Waals surface area contributed by atoms with E-state index in [2.05, 4.69) is 26.6 Å². The standard InChI is InChI=1S/C13H18BrN3O4S/c1-9-6-10(14)4-5-11(9)16-12(18)7-15-13(19)8-17(2)22(3,20)21/h4-6H,7-8H2,1-3H3,(H,15,19)(H,16,18). The number of nitrogens with zero attached hydrogens (tertiary/aromatic N) is 1. The van der Waals surface area contributed by atoms with Crippen LogP contribution in [0.25, 0.3) is 0 Å². The molecule has 0 atom stereocenters. The Balaban J connectivity index is 2.48. The molecule has 0 radical (unpaired) electrons. The molecule has 0 aromatic heterocycles. The number of nitrogens with one attached hydrogen (secondary N) is 2. The number of carbonyl (C=O) groups excluding carboxylic acids is 2. The molecule has 0 bridgehead atoms. The van der Waals surface area contributed by atoms with E-state index in [0.717, 1.165) is 20.6 Å². The number of aryl methyl sites for hydroxylation is 1. The lowest BCUT2D eigenvalue weighted by molar-refractivity contribution is -0.124. The van der Waals surface area contributed by atoms with Crippen molar-refractivity contribution < 1.29 is 18.0 Å². The van der Waals surface area contributed by atoms with Crippen LogP contribution in [-0.4, -0.2) is 50.9 Å². The summed E-state index contributed by atoms with van der Waals surface area (Å²) in [4.78, 5) is 23.3. The molecule has 0 saturated carbocycles. The maximum Gasteiger partial charge on any atom is 0.243 e. The van der Waals surface area contributed by atoms with Gasteiger partial charge in [0.2, 0.25) is 21.8 Å². The van der Waals surface area contributed by atoms with Gasteiger partial charge in [0.1, 0.15) is 0 Å². The van der Waals surface area contributed by atoms with Gasteiger partial charge in [-0.05, 0) is 30.7 Å². The summed E-state index contributed by atoms with van der Waals surface area (Å²) < 4.78 is 24.2. The predicted octanol–water partition coefficient (Wildman–Crippen LogP) is 0.704. The summed E-state index contributed by atoms with van der Waals surface area (Å²) in [5.74, 6) is -0.934. The summed E-state index contributed by atoms with van der Waals surface area (Å²) in [5.41, 5.74) is 1.53. The molecule has 0 heterocycles. The molecule has 2 amide bonds. The number of anilines is 1. The molecule has 1 aromatic rings. The number of halogens is 1. The van der Waals surface area contributed by atoms with Gasteiger partial charge >= 0.3 is 0 Å².